The second-order valence-corrected chi connectivity index (χ2v) is 13.4. The highest BCUT2D eigenvalue weighted by molar-refractivity contribution is 9.10. The third-order valence-corrected chi connectivity index (χ3v) is 9.19. The SMILES string of the molecule is CC(C)CNC(=O)C(Cc1ccccc1)N(Cc1ccccc1)C(=O)CN(c1ccc(Br)cc1)S(=O)(=O)c1ccccc1. The third kappa shape index (κ3) is 8.78. The van der Waals surface area contributed by atoms with Gasteiger partial charge < -0.3 is 10.2 Å². The van der Waals surface area contributed by atoms with E-state index in [1.807, 2.05) is 74.5 Å². The summed E-state index contributed by atoms with van der Waals surface area (Å²) in [7, 11) is -4.12. The summed E-state index contributed by atoms with van der Waals surface area (Å²) in [6.45, 7) is 4.10. The normalized spacial score (nSPS) is 12.0. The summed E-state index contributed by atoms with van der Waals surface area (Å²) in [4.78, 5) is 29.7. The number of halogens is 1. The van der Waals surface area contributed by atoms with Gasteiger partial charge in [0.1, 0.15) is 12.6 Å². The van der Waals surface area contributed by atoms with E-state index in [0.29, 0.717) is 12.2 Å². The van der Waals surface area contributed by atoms with Crippen molar-refractivity contribution < 1.29 is 18.0 Å². The van der Waals surface area contributed by atoms with Gasteiger partial charge in [0.2, 0.25) is 11.8 Å². The largest absolute Gasteiger partial charge is 0.354 e. The lowest BCUT2D eigenvalue weighted by atomic mass is 10.0. The lowest BCUT2D eigenvalue weighted by molar-refractivity contribution is -0.140. The zero-order chi connectivity index (χ0) is 30.8. The van der Waals surface area contributed by atoms with Gasteiger partial charge in [-0.15, -0.1) is 0 Å². The smallest absolute Gasteiger partial charge is 0.264 e. The van der Waals surface area contributed by atoms with Crippen LogP contribution in [0.5, 0.6) is 0 Å². The molecule has 7 nitrogen and oxygen atoms in total. The van der Waals surface area contributed by atoms with Crippen LogP contribution in [0.1, 0.15) is 25.0 Å². The van der Waals surface area contributed by atoms with Crippen LogP contribution in [0.2, 0.25) is 0 Å². The van der Waals surface area contributed by atoms with E-state index in [1.54, 1.807) is 42.5 Å². The van der Waals surface area contributed by atoms with Gasteiger partial charge in [0, 0.05) is 24.0 Å². The molecule has 0 aliphatic rings. The van der Waals surface area contributed by atoms with Crippen LogP contribution in [-0.2, 0) is 32.6 Å². The molecule has 4 aromatic rings. The maximum Gasteiger partial charge on any atom is 0.264 e. The molecule has 0 aromatic heterocycles. The van der Waals surface area contributed by atoms with Crippen molar-refractivity contribution in [2.75, 3.05) is 17.4 Å². The Morgan fingerprint density at radius 1 is 0.767 bits per heavy atom. The second kappa shape index (κ2) is 15.0. The van der Waals surface area contributed by atoms with E-state index >= 15 is 0 Å². The molecule has 4 rings (SSSR count). The molecule has 1 unspecified atom stereocenters. The van der Waals surface area contributed by atoms with E-state index in [0.717, 1.165) is 19.9 Å². The Labute approximate surface area is 262 Å². The molecule has 0 spiro atoms. The van der Waals surface area contributed by atoms with Crippen LogP contribution in [0.15, 0.2) is 125 Å². The van der Waals surface area contributed by atoms with E-state index in [4.69, 9.17) is 0 Å². The Morgan fingerprint density at radius 3 is 1.86 bits per heavy atom. The van der Waals surface area contributed by atoms with Crippen molar-refractivity contribution in [1.82, 2.24) is 10.2 Å². The number of hydrogen-bond acceptors (Lipinski definition) is 4. The quantitative estimate of drug-likeness (QED) is 0.189. The molecule has 0 heterocycles. The third-order valence-electron chi connectivity index (χ3n) is 6.88. The molecule has 0 fully saturated rings. The van der Waals surface area contributed by atoms with Gasteiger partial charge in [-0.1, -0.05) is 109 Å². The number of carbonyl (C=O) groups excluding carboxylic acids is 2. The molecule has 0 saturated heterocycles. The molecule has 9 heteroatoms. The Bertz CT molecular complexity index is 1580. The number of nitrogens with one attached hydrogen (secondary N) is 1. The monoisotopic (exact) mass is 661 g/mol. The molecule has 1 N–H and O–H groups in total. The van der Waals surface area contributed by atoms with Gasteiger partial charge >= 0.3 is 0 Å². The number of sulfonamides is 1. The molecule has 0 aliphatic heterocycles. The number of carbonyl (C=O) groups is 2. The molecule has 0 saturated carbocycles. The van der Waals surface area contributed by atoms with Crippen molar-refractivity contribution in [3.05, 3.63) is 131 Å². The van der Waals surface area contributed by atoms with Gasteiger partial charge in [-0.3, -0.25) is 13.9 Å². The molecule has 0 aliphatic carbocycles. The minimum atomic E-state index is -4.12. The van der Waals surface area contributed by atoms with Gasteiger partial charge in [0.25, 0.3) is 10.0 Å². The van der Waals surface area contributed by atoms with E-state index < -0.39 is 28.5 Å². The molecule has 224 valence electrons. The van der Waals surface area contributed by atoms with Crippen LogP contribution in [-0.4, -0.2) is 44.3 Å². The summed E-state index contributed by atoms with van der Waals surface area (Å²) in [6, 6.07) is 32.8. The van der Waals surface area contributed by atoms with E-state index in [9.17, 15) is 18.0 Å². The molecule has 0 bridgehead atoms. The fourth-order valence-electron chi connectivity index (χ4n) is 4.61. The van der Waals surface area contributed by atoms with Crippen LogP contribution in [0.4, 0.5) is 5.69 Å². The van der Waals surface area contributed by atoms with Gasteiger partial charge in [0.15, 0.2) is 0 Å². The van der Waals surface area contributed by atoms with Gasteiger partial charge in [-0.2, -0.15) is 0 Å². The predicted molar refractivity (Wildman–Crippen MR) is 174 cm³/mol. The number of benzene rings is 4. The van der Waals surface area contributed by atoms with Crippen molar-refractivity contribution in [2.24, 2.45) is 5.92 Å². The van der Waals surface area contributed by atoms with Crippen molar-refractivity contribution in [2.45, 2.75) is 37.8 Å². The number of hydrogen-bond donors (Lipinski definition) is 1. The van der Waals surface area contributed by atoms with Crippen molar-refractivity contribution >= 4 is 43.5 Å². The Morgan fingerprint density at radius 2 is 1.30 bits per heavy atom. The molecule has 0 radical (unpaired) electrons. The maximum atomic E-state index is 14.4. The van der Waals surface area contributed by atoms with E-state index in [1.165, 1.54) is 17.0 Å². The highest BCUT2D eigenvalue weighted by Gasteiger charge is 2.34. The standard InChI is InChI=1S/C34H36BrN3O4S/c1-26(2)23-36-34(40)32(22-27-12-6-3-7-13-27)37(24-28-14-8-4-9-15-28)33(39)25-38(30-20-18-29(35)19-21-30)43(41,42)31-16-10-5-11-17-31/h3-21,26,32H,22-25H2,1-2H3,(H,36,40). The molecule has 43 heavy (non-hydrogen) atoms. The summed E-state index contributed by atoms with van der Waals surface area (Å²) < 4.78 is 29.8. The van der Waals surface area contributed by atoms with Crippen LogP contribution in [0.25, 0.3) is 0 Å². The highest BCUT2D eigenvalue weighted by atomic mass is 79.9. The topological polar surface area (TPSA) is 86.8 Å². The average molecular weight is 663 g/mol. The van der Waals surface area contributed by atoms with Gasteiger partial charge in [-0.25, -0.2) is 8.42 Å². The molecule has 4 aromatic carbocycles. The summed E-state index contributed by atoms with van der Waals surface area (Å²) >= 11 is 3.40. The maximum absolute atomic E-state index is 14.4. The van der Waals surface area contributed by atoms with Crippen LogP contribution < -0.4 is 9.62 Å². The molecular weight excluding hydrogens is 626 g/mol. The van der Waals surface area contributed by atoms with Crippen LogP contribution in [0, 0.1) is 5.92 Å². The second-order valence-electron chi connectivity index (χ2n) is 10.7. The van der Waals surface area contributed by atoms with Crippen molar-refractivity contribution in [3.8, 4) is 0 Å². The lowest BCUT2D eigenvalue weighted by Crippen LogP contribution is -2.53. The summed E-state index contributed by atoms with van der Waals surface area (Å²) in [5, 5.41) is 3.00. The molecular formula is C34H36BrN3O4S. The zero-order valence-electron chi connectivity index (χ0n) is 24.3. The summed E-state index contributed by atoms with van der Waals surface area (Å²) in [5.74, 6) is -0.571. The van der Waals surface area contributed by atoms with Crippen LogP contribution in [0.3, 0.4) is 0 Å². The van der Waals surface area contributed by atoms with E-state index in [2.05, 4.69) is 21.2 Å². The zero-order valence-corrected chi connectivity index (χ0v) is 26.7. The predicted octanol–water partition coefficient (Wildman–Crippen LogP) is 6.06. The molecule has 2 amide bonds. The Balaban J connectivity index is 1.77. The fourth-order valence-corrected chi connectivity index (χ4v) is 6.31. The van der Waals surface area contributed by atoms with Crippen molar-refractivity contribution in [3.63, 3.8) is 0 Å². The summed E-state index contributed by atoms with van der Waals surface area (Å²) in [5.41, 5.74) is 2.05. The minimum Gasteiger partial charge on any atom is -0.354 e. The van der Waals surface area contributed by atoms with E-state index in [-0.39, 0.29) is 29.7 Å². The Hall–Kier alpha value is -3.95. The fraction of sp³-hybridized carbons (Fsp3) is 0.235. The van der Waals surface area contributed by atoms with Gasteiger partial charge in [0.05, 0.1) is 10.6 Å². The Kier molecular flexibility index (Phi) is 11.1. The van der Waals surface area contributed by atoms with Crippen LogP contribution >= 0.6 is 15.9 Å². The first-order chi connectivity index (χ1) is 20.6. The first-order valence-electron chi connectivity index (χ1n) is 14.1. The number of rotatable bonds is 13. The first-order valence-corrected chi connectivity index (χ1v) is 16.4. The lowest BCUT2D eigenvalue weighted by Gasteiger charge is -2.34. The number of anilines is 1. The highest BCUT2D eigenvalue weighted by Crippen LogP contribution is 2.26. The van der Waals surface area contributed by atoms with Crippen molar-refractivity contribution in [1.29, 1.82) is 0 Å². The first kappa shape index (κ1) is 32.0. The summed E-state index contributed by atoms with van der Waals surface area (Å²) in [6.07, 6.45) is 0.271. The minimum absolute atomic E-state index is 0.0656. The average Bonchev–Trinajstić information content (AvgIpc) is 3.02. The van der Waals surface area contributed by atoms with Gasteiger partial charge in [-0.05, 0) is 53.4 Å². The molecule has 1 atom stereocenters. The number of amides is 2. The number of nitrogens with zero attached hydrogens (tertiary/aromatic N) is 2.